The highest BCUT2D eigenvalue weighted by atomic mass is 32.1. The molecule has 0 spiro atoms. The predicted octanol–water partition coefficient (Wildman–Crippen LogP) is 6.30. The molecule has 0 aliphatic heterocycles. The molecule has 0 atom stereocenters. The zero-order valence-electron chi connectivity index (χ0n) is 17.7. The Kier molecular flexibility index (Phi) is 6.42. The number of benzene rings is 1. The van der Waals surface area contributed by atoms with Crippen LogP contribution in [0, 0.1) is 0 Å². The van der Waals surface area contributed by atoms with Crippen molar-refractivity contribution >= 4 is 46.6 Å². The first-order valence-electron chi connectivity index (χ1n) is 9.92. The van der Waals surface area contributed by atoms with Gasteiger partial charge in [-0.3, -0.25) is 4.79 Å². The number of allylic oxidation sites excluding steroid dienone is 2. The van der Waals surface area contributed by atoms with Crippen LogP contribution in [0.25, 0.3) is 23.3 Å². The van der Waals surface area contributed by atoms with Crippen molar-refractivity contribution in [3.05, 3.63) is 68.9 Å². The number of carbonyl (C=O) groups excluding carboxylic acids is 1. The standard InChI is InChI=1S/C25H26O4S/c1-5-18-20(13-17-10-11-30-15-17)19-8-6-16(7-9-24(28)29-25(2,3)4)12-21(19)22(18)14-23(26)27/h6-13,15H,5,14H2,1-4H3,(H,26,27)/b9-7+,20-13-. The Morgan fingerprint density at radius 1 is 1.10 bits per heavy atom. The average molecular weight is 423 g/mol. The molecule has 5 heteroatoms. The molecule has 3 rings (SSSR count). The smallest absolute Gasteiger partial charge is 0.331 e. The van der Waals surface area contributed by atoms with Crippen molar-refractivity contribution < 1.29 is 19.4 Å². The summed E-state index contributed by atoms with van der Waals surface area (Å²) in [6.45, 7) is 7.52. The molecule has 1 heterocycles. The minimum absolute atomic E-state index is 0.0314. The van der Waals surface area contributed by atoms with Gasteiger partial charge in [-0.2, -0.15) is 11.3 Å². The largest absolute Gasteiger partial charge is 0.481 e. The molecule has 0 bridgehead atoms. The van der Waals surface area contributed by atoms with Crippen LogP contribution in [0.4, 0.5) is 0 Å². The molecule has 1 aromatic heterocycles. The van der Waals surface area contributed by atoms with Crippen LogP contribution in [-0.2, 0) is 14.3 Å². The maximum atomic E-state index is 12.0. The number of esters is 1. The molecule has 0 unspecified atom stereocenters. The summed E-state index contributed by atoms with van der Waals surface area (Å²) >= 11 is 1.63. The Balaban J connectivity index is 2.02. The number of hydrogen-bond donors (Lipinski definition) is 1. The van der Waals surface area contributed by atoms with Crippen molar-refractivity contribution in [1.29, 1.82) is 0 Å². The average Bonchev–Trinajstić information content (AvgIpc) is 3.25. The summed E-state index contributed by atoms with van der Waals surface area (Å²) in [6, 6.07) is 7.96. The van der Waals surface area contributed by atoms with Crippen molar-refractivity contribution in [3.63, 3.8) is 0 Å². The van der Waals surface area contributed by atoms with Crippen LogP contribution in [0.1, 0.15) is 62.8 Å². The Hall–Kier alpha value is -2.92. The van der Waals surface area contributed by atoms with Gasteiger partial charge in [0.15, 0.2) is 0 Å². The van der Waals surface area contributed by atoms with E-state index in [1.165, 1.54) is 6.08 Å². The van der Waals surface area contributed by atoms with E-state index >= 15 is 0 Å². The summed E-state index contributed by atoms with van der Waals surface area (Å²) in [6.07, 6.45) is 5.95. The zero-order valence-corrected chi connectivity index (χ0v) is 18.5. The van der Waals surface area contributed by atoms with Gasteiger partial charge in [-0.25, -0.2) is 4.79 Å². The highest BCUT2D eigenvalue weighted by molar-refractivity contribution is 7.08. The third-order valence-electron chi connectivity index (χ3n) is 4.70. The lowest BCUT2D eigenvalue weighted by Gasteiger charge is -2.17. The van der Waals surface area contributed by atoms with Crippen LogP contribution >= 0.6 is 11.3 Å². The number of fused-ring (bicyclic) bond motifs is 1. The molecule has 2 aromatic rings. The Labute approximate surface area is 181 Å². The van der Waals surface area contributed by atoms with E-state index in [1.54, 1.807) is 17.4 Å². The molecule has 156 valence electrons. The fraction of sp³-hybridized carbons (Fsp3) is 0.280. The normalized spacial score (nSPS) is 15.1. The highest BCUT2D eigenvalue weighted by Gasteiger charge is 2.26. The van der Waals surface area contributed by atoms with Crippen LogP contribution in [-0.4, -0.2) is 22.6 Å². The minimum atomic E-state index is -0.853. The fourth-order valence-corrected chi connectivity index (χ4v) is 4.20. The maximum Gasteiger partial charge on any atom is 0.331 e. The minimum Gasteiger partial charge on any atom is -0.481 e. The van der Waals surface area contributed by atoms with E-state index in [-0.39, 0.29) is 6.42 Å². The van der Waals surface area contributed by atoms with Crippen molar-refractivity contribution in [3.8, 4) is 0 Å². The Morgan fingerprint density at radius 3 is 2.47 bits per heavy atom. The van der Waals surface area contributed by atoms with Crippen LogP contribution in [0.3, 0.4) is 0 Å². The lowest BCUT2D eigenvalue weighted by atomic mass is 9.98. The maximum absolute atomic E-state index is 12.0. The van der Waals surface area contributed by atoms with E-state index < -0.39 is 17.5 Å². The molecule has 0 saturated heterocycles. The SMILES string of the molecule is CCC1=C(CC(=O)O)c2cc(/C=C/C(=O)OC(C)(C)C)ccc2/C1=C\c1ccsc1. The second-order valence-electron chi connectivity index (χ2n) is 8.17. The molecule has 1 aliphatic rings. The van der Waals surface area contributed by atoms with E-state index in [4.69, 9.17) is 4.74 Å². The number of thiophene rings is 1. The van der Waals surface area contributed by atoms with Gasteiger partial charge in [0.1, 0.15) is 5.60 Å². The molecule has 30 heavy (non-hydrogen) atoms. The summed E-state index contributed by atoms with van der Waals surface area (Å²) in [5, 5.41) is 13.6. The summed E-state index contributed by atoms with van der Waals surface area (Å²) < 4.78 is 5.32. The van der Waals surface area contributed by atoms with Crippen molar-refractivity contribution in [2.45, 2.75) is 46.1 Å². The summed E-state index contributed by atoms with van der Waals surface area (Å²) in [5.41, 5.74) is 6.32. The van der Waals surface area contributed by atoms with Crippen LogP contribution < -0.4 is 0 Å². The van der Waals surface area contributed by atoms with Crippen molar-refractivity contribution in [1.82, 2.24) is 0 Å². The quantitative estimate of drug-likeness (QED) is 0.438. The lowest BCUT2D eigenvalue weighted by molar-refractivity contribution is -0.148. The summed E-state index contributed by atoms with van der Waals surface area (Å²) in [7, 11) is 0. The van der Waals surface area contributed by atoms with Gasteiger partial charge < -0.3 is 9.84 Å². The predicted molar refractivity (Wildman–Crippen MR) is 123 cm³/mol. The highest BCUT2D eigenvalue weighted by Crippen LogP contribution is 2.45. The topological polar surface area (TPSA) is 63.6 Å². The van der Waals surface area contributed by atoms with Gasteiger partial charge in [0.25, 0.3) is 0 Å². The third-order valence-corrected chi connectivity index (χ3v) is 5.40. The molecule has 4 nitrogen and oxygen atoms in total. The molecule has 0 amide bonds. The second kappa shape index (κ2) is 8.84. The third kappa shape index (κ3) is 5.16. The summed E-state index contributed by atoms with van der Waals surface area (Å²) in [5.74, 6) is -1.26. The van der Waals surface area contributed by atoms with Gasteiger partial charge in [0.05, 0.1) is 6.42 Å². The van der Waals surface area contributed by atoms with Crippen molar-refractivity contribution in [2.24, 2.45) is 0 Å². The van der Waals surface area contributed by atoms with Crippen LogP contribution in [0.15, 0.2) is 46.7 Å². The molecule has 1 aromatic carbocycles. The van der Waals surface area contributed by atoms with Gasteiger partial charge >= 0.3 is 11.9 Å². The lowest BCUT2D eigenvalue weighted by Crippen LogP contribution is -2.22. The van der Waals surface area contributed by atoms with Gasteiger partial charge in [0.2, 0.25) is 0 Å². The van der Waals surface area contributed by atoms with E-state index in [0.717, 1.165) is 45.4 Å². The zero-order chi connectivity index (χ0) is 21.9. The first-order valence-corrected chi connectivity index (χ1v) is 10.9. The van der Waals surface area contributed by atoms with Gasteiger partial charge in [0, 0.05) is 6.08 Å². The number of ether oxygens (including phenoxy) is 1. The number of hydrogen-bond acceptors (Lipinski definition) is 4. The number of aliphatic carboxylic acids is 1. The monoisotopic (exact) mass is 422 g/mol. The second-order valence-corrected chi connectivity index (χ2v) is 8.95. The first kappa shape index (κ1) is 21.8. The van der Waals surface area contributed by atoms with Crippen LogP contribution in [0.5, 0.6) is 0 Å². The molecule has 0 fully saturated rings. The molecule has 0 radical (unpaired) electrons. The molecular weight excluding hydrogens is 396 g/mol. The molecular formula is C25H26O4S. The molecule has 1 aliphatic carbocycles. The van der Waals surface area contributed by atoms with E-state index in [2.05, 4.69) is 17.5 Å². The van der Waals surface area contributed by atoms with E-state index in [1.807, 2.05) is 51.3 Å². The number of carboxylic acid groups (broad SMARTS) is 1. The van der Waals surface area contributed by atoms with Crippen LogP contribution in [0.2, 0.25) is 0 Å². The Bertz CT molecular complexity index is 1050. The van der Waals surface area contributed by atoms with Gasteiger partial charge in [-0.1, -0.05) is 19.1 Å². The van der Waals surface area contributed by atoms with E-state index in [9.17, 15) is 14.7 Å². The molecule has 1 N–H and O–H groups in total. The number of rotatable bonds is 6. The van der Waals surface area contributed by atoms with Gasteiger partial charge in [-0.05, 0) is 101 Å². The Morgan fingerprint density at radius 2 is 1.87 bits per heavy atom. The number of carbonyl (C=O) groups is 2. The molecule has 0 saturated carbocycles. The van der Waals surface area contributed by atoms with Crippen molar-refractivity contribution in [2.75, 3.05) is 0 Å². The fourth-order valence-electron chi connectivity index (χ4n) is 3.58. The number of carboxylic acids is 1. The summed E-state index contributed by atoms with van der Waals surface area (Å²) in [4.78, 5) is 23.6. The van der Waals surface area contributed by atoms with Gasteiger partial charge in [-0.15, -0.1) is 0 Å². The van der Waals surface area contributed by atoms with E-state index in [0.29, 0.717) is 0 Å². The first-order chi connectivity index (χ1) is 14.2.